The molecule has 1 amide bonds. The Hall–Kier alpha value is -0.610. The molecule has 0 radical (unpaired) electrons. The van der Waals surface area contributed by atoms with Crippen LogP contribution in [-0.4, -0.2) is 49.7 Å². The van der Waals surface area contributed by atoms with Gasteiger partial charge in [-0.3, -0.25) is 4.79 Å². The molecule has 1 fully saturated rings. The van der Waals surface area contributed by atoms with Crippen molar-refractivity contribution in [3.05, 3.63) is 0 Å². The van der Waals surface area contributed by atoms with Gasteiger partial charge in [0.2, 0.25) is 0 Å². The lowest BCUT2D eigenvalue weighted by Crippen LogP contribution is -2.49. The maximum atomic E-state index is 12.1. The molecule has 1 rings (SSSR count). The SMILES string of the molecule is CCC(CC)COC(C)C(=O)N1CCNCC1. The lowest BCUT2D eigenvalue weighted by Gasteiger charge is -2.30. The van der Waals surface area contributed by atoms with Gasteiger partial charge in [0.1, 0.15) is 6.10 Å². The number of amides is 1. The summed E-state index contributed by atoms with van der Waals surface area (Å²) in [5.41, 5.74) is 0. The molecule has 0 aromatic carbocycles. The average molecular weight is 242 g/mol. The molecular formula is C13H26N2O2. The van der Waals surface area contributed by atoms with Gasteiger partial charge in [-0.1, -0.05) is 26.7 Å². The minimum Gasteiger partial charge on any atom is -0.368 e. The van der Waals surface area contributed by atoms with Gasteiger partial charge in [0.25, 0.3) is 5.91 Å². The van der Waals surface area contributed by atoms with Crippen molar-refractivity contribution < 1.29 is 9.53 Å². The Morgan fingerprint density at radius 1 is 1.29 bits per heavy atom. The standard InChI is InChI=1S/C13H26N2O2/c1-4-12(5-2)10-17-11(3)13(16)15-8-6-14-7-9-15/h11-12,14H,4-10H2,1-3H3. The summed E-state index contributed by atoms with van der Waals surface area (Å²) >= 11 is 0. The molecule has 4 nitrogen and oxygen atoms in total. The molecule has 0 aliphatic carbocycles. The van der Waals surface area contributed by atoms with Crippen LogP contribution in [-0.2, 0) is 9.53 Å². The third-order valence-electron chi connectivity index (χ3n) is 3.51. The highest BCUT2D eigenvalue weighted by atomic mass is 16.5. The zero-order valence-corrected chi connectivity index (χ0v) is 11.4. The predicted molar refractivity (Wildman–Crippen MR) is 68.9 cm³/mol. The average Bonchev–Trinajstić information content (AvgIpc) is 2.39. The van der Waals surface area contributed by atoms with Gasteiger partial charge in [-0.05, 0) is 12.8 Å². The van der Waals surface area contributed by atoms with Crippen LogP contribution in [0.2, 0.25) is 0 Å². The Kier molecular flexibility index (Phi) is 6.52. The van der Waals surface area contributed by atoms with Crippen molar-refractivity contribution in [3.8, 4) is 0 Å². The molecule has 0 spiro atoms. The first-order valence-corrected chi connectivity index (χ1v) is 6.80. The Balaban J connectivity index is 2.30. The van der Waals surface area contributed by atoms with Gasteiger partial charge < -0.3 is 15.0 Å². The topological polar surface area (TPSA) is 41.6 Å². The van der Waals surface area contributed by atoms with Crippen LogP contribution in [0.4, 0.5) is 0 Å². The summed E-state index contributed by atoms with van der Waals surface area (Å²) in [6.45, 7) is 10.3. The van der Waals surface area contributed by atoms with Gasteiger partial charge in [0.15, 0.2) is 0 Å². The molecule has 1 aliphatic rings. The van der Waals surface area contributed by atoms with E-state index in [0.29, 0.717) is 12.5 Å². The molecule has 1 unspecified atom stereocenters. The molecule has 100 valence electrons. The second-order valence-corrected chi connectivity index (χ2v) is 4.73. The van der Waals surface area contributed by atoms with E-state index in [1.807, 2.05) is 11.8 Å². The van der Waals surface area contributed by atoms with Crippen LogP contribution in [0.15, 0.2) is 0 Å². The van der Waals surface area contributed by atoms with Crippen LogP contribution in [0.3, 0.4) is 0 Å². The van der Waals surface area contributed by atoms with Crippen molar-refractivity contribution in [3.63, 3.8) is 0 Å². The minimum absolute atomic E-state index is 0.137. The third-order valence-corrected chi connectivity index (χ3v) is 3.51. The number of carbonyl (C=O) groups excluding carboxylic acids is 1. The fourth-order valence-electron chi connectivity index (χ4n) is 2.02. The summed E-state index contributed by atoms with van der Waals surface area (Å²) in [5, 5.41) is 3.24. The fourth-order valence-corrected chi connectivity index (χ4v) is 2.02. The van der Waals surface area contributed by atoms with Gasteiger partial charge in [-0.15, -0.1) is 0 Å². The summed E-state index contributed by atoms with van der Waals surface area (Å²) in [5.74, 6) is 0.714. The van der Waals surface area contributed by atoms with E-state index in [4.69, 9.17) is 4.74 Å². The van der Waals surface area contributed by atoms with Gasteiger partial charge in [-0.25, -0.2) is 0 Å². The monoisotopic (exact) mass is 242 g/mol. The number of hydrogen-bond donors (Lipinski definition) is 1. The maximum absolute atomic E-state index is 12.1. The Bertz CT molecular complexity index is 223. The smallest absolute Gasteiger partial charge is 0.251 e. The van der Waals surface area contributed by atoms with E-state index in [0.717, 1.165) is 39.0 Å². The largest absolute Gasteiger partial charge is 0.368 e. The van der Waals surface area contributed by atoms with Crippen molar-refractivity contribution in [2.75, 3.05) is 32.8 Å². The maximum Gasteiger partial charge on any atom is 0.251 e. The number of rotatable bonds is 6. The van der Waals surface area contributed by atoms with Crippen molar-refractivity contribution in [1.82, 2.24) is 10.2 Å². The normalized spacial score (nSPS) is 18.5. The van der Waals surface area contributed by atoms with Crippen LogP contribution < -0.4 is 5.32 Å². The third kappa shape index (κ3) is 4.64. The molecular weight excluding hydrogens is 216 g/mol. The van der Waals surface area contributed by atoms with E-state index >= 15 is 0 Å². The van der Waals surface area contributed by atoms with Crippen molar-refractivity contribution in [2.24, 2.45) is 5.92 Å². The van der Waals surface area contributed by atoms with E-state index < -0.39 is 0 Å². The molecule has 0 aromatic heterocycles. The lowest BCUT2D eigenvalue weighted by molar-refractivity contribution is -0.144. The Morgan fingerprint density at radius 3 is 2.41 bits per heavy atom. The quantitative estimate of drug-likeness (QED) is 0.762. The molecule has 1 saturated heterocycles. The van der Waals surface area contributed by atoms with Crippen LogP contribution in [0, 0.1) is 5.92 Å². The first-order valence-electron chi connectivity index (χ1n) is 6.80. The van der Waals surface area contributed by atoms with Crippen molar-refractivity contribution >= 4 is 5.91 Å². The van der Waals surface area contributed by atoms with Crippen LogP contribution in [0.25, 0.3) is 0 Å². The van der Waals surface area contributed by atoms with Crippen molar-refractivity contribution in [1.29, 1.82) is 0 Å². The van der Waals surface area contributed by atoms with E-state index in [9.17, 15) is 4.79 Å². The van der Waals surface area contributed by atoms with Gasteiger partial charge in [-0.2, -0.15) is 0 Å². The van der Waals surface area contributed by atoms with Gasteiger partial charge in [0.05, 0.1) is 6.61 Å². The van der Waals surface area contributed by atoms with E-state index in [-0.39, 0.29) is 12.0 Å². The van der Waals surface area contributed by atoms with Gasteiger partial charge in [0, 0.05) is 26.2 Å². The summed E-state index contributed by atoms with van der Waals surface area (Å²) < 4.78 is 5.69. The van der Waals surface area contributed by atoms with Crippen LogP contribution >= 0.6 is 0 Å². The number of hydrogen-bond acceptors (Lipinski definition) is 3. The summed E-state index contributed by atoms with van der Waals surface area (Å²) in [6.07, 6.45) is 1.93. The number of piperazine rings is 1. The Labute approximate surface area is 105 Å². The number of nitrogens with one attached hydrogen (secondary N) is 1. The first kappa shape index (κ1) is 14.5. The molecule has 1 N–H and O–H groups in total. The molecule has 0 bridgehead atoms. The number of ether oxygens (including phenoxy) is 1. The molecule has 1 atom stereocenters. The molecule has 17 heavy (non-hydrogen) atoms. The first-order chi connectivity index (χ1) is 8.19. The summed E-state index contributed by atoms with van der Waals surface area (Å²) in [6, 6.07) is 0. The molecule has 0 aromatic rings. The highest BCUT2D eigenvalue weighted by molar-refractivity contribution is 5.80. The lowest BCUT2D eigenvalue weighted by atomic mass is 10.1. The zero-order chi connectivity index (χ0) is 12.7. The second-order valence-electron chi connectivity index (χ2n) is 4.73. The number of carbonyl (C=O) groups is 1. The molecule has 0 saturated carbocycles. The van der Waals surface area contributed by atoms with Crippen LogP contribution in [0.5, 0.6) is 0 Å². The van der Waals surface area contributed by atoms with Gasteiger partial charge >= 0.3 is 0 Å². The van der Waals surface area contributed by atoms with Crippen LogP contribution in [0.1, 0.15) is 33.6 Å². The second kappa shape index (κ2) is 7.67. The number of nitrogens with zero attached hydrogens (tertiary/aromatic N) is 1. The highest BCUT2D eigenvalue weighted by Crippen LogP contribution is 2.10. The van der Waals surface area contributed by atoms with E-state index in [2.05, 4.69) is 19.2 Å². The fraction of sp³-hybridized carbons (Fsp3) is 0.923. The highest BCUT2D eigenvalue weighted by Gasteiger charge is 2.22. The molecule has 1 aliphatic heterocycles. The Morgan fingerprint density at radius 2 is 1.88 bits per heavy atom. The van der Waals surface area contributed by atoms with E-state index in [1.54, 1.807) is 0 Å². The van der Waals surface area contributed by atoms with Crippen molar-refractivity contribution in [2.45, 2.75) is 39.7 Å². The molecule has 4 heteroatoms. The molecule has 1 heterocycles. The summed E-state index contributed by atoms with van der Waals surface area (Å²) in [4.78, 5) is 14.0. The van der Waals surface area contributed by atoms with E-state index in [1.165, 1.54) is 0 Å². The minimum atomic E-state index is -0.298. The zero-order valence-electron chi connectivity index (χ0n) is 11.4. The predicted octanol–water partition coefficient (Wildman–Crippen LogP) is 1.26. The summed E-state index contributed by atoms with van der Waals surface area (Å²) in [7, 11) is 0.